The molecule has 0 aliphatic carbocycles. The lowest BCUT2D eigenvalue weighted by atomic mass is 10.0. The number of ether oxygens (including phenoxy) is 1. The Kier molecular flexibility index (Phi) is 7.24. The van der Waals surface area contributed by atoms with E-state index < -0.39 is 0 Å². The molecule has 1 aliphatic rings. The molecule has 0 saturated carbocycles. The third-order valence-corrected chi connectivity index (χ3v) is 5.26. The quantitative estimate of drug-likeness (QED) is 0.769. The van der Waals surface area contributed by atoms with Crippen molar-refractivity contribution in [1.29, 1.82) is 0 Å². The van der Waals surface area contributed by atoms with E-state index in [1.807, 2.05) is 6.92 Å². The Morgan fingerprint density at radius 2 is 1.92 bits per heavy atom. The Morgan fingerprint density at radius 3 is 2.54 bits per heavy atom. The molecule has 0 bridgehead atoms. The van der Waals surface area contributed by atoms with Gasteiger partial charge in [0, 0.05) is 43.8 Å². The van der Waals surface area contributed by atoms with Gasteiger partial charge in [0.25, 0.3) is 0 Å². The zero-order chi connectivity index (χ0) is 19.3. The first-order valence-corrected chi connectivity index (χ1v) is 9.83. The van der Waals surface area contributed by atoms with Gasteiger partial charge in [0.1, 0.15) is 0 Å². The summed E-state index contributed by atoms with van der Waals surface area (Å²) in [5.41, 5.74) is 3.41. The van der Waals surface area contributed by atoms with Gasteiger partial charge in [-0.25, -0.2) is 0 Å². The lowest BCUT2D eigenvalue weighted by molar-refractivity contribution is -0.121. The lowest BCUT2D eigenvalue weighted by Gasteiger charge is -2.40. The van der Waals surface area contributed by atoms with Crippen LogP contribution < -0.4 is 5.32 Å². The molecular weight excluding hydrogens is 328 g/mol. The van der Waals surface area contributed by atoms with Crippen LogP contribution in [0.4, 0.5) is 0 Å². The molecule has 0 radical (unpaired) electrons. The zero-order valence-corrected chi connectivity index (χ0v) is 17.4. The Hall–Kier alpha value is -1.40. The molecule has 1 saturated heterocycles. The predicted molar refractivity (Wildman–Crippen MR) is 104 cm³/mol. The summed E-state index contributed by atoms with van der Waals surface area (Å²) >= 11 is 0. The van der Waals surface area contributed by atoms with Crippen LogP contribution in [0, 0.1) is 19.8 Å². The Labute approximate surface area is 158 Å². The van der Waals surface area contributed by atoms with E-state index in [-0.39, 0.29) is 11.4 Å². The van der Waals surface area contributed by atoms with Gasteiger partial charge in [0.05, 0.1) is 18.9 Å². The first kappa shape index (κ1) is 20.9. The lowest BCUT2D eigenvalue weighted by Crippen LogP contribution is -2.55. The average molecular weight is 365 g/mol. The largest absolute Gasteiger partial charge is 0.379 e. The molecule has 26 heavy (non-hydrogen) atoms. The molecule has 2 heterocycles. The monoisotopic (exact) mass is 364 g/mol. The number of hydrogen-bond donors (Lipinski definition) is 1. The minimum absolute atomic E-state index is 0.0482. The van der Waals surface area contributed by atoms with Gasteiger partial charge in [-0.15, -0.1) is 0 Å². The average Bonchev–Trinajstić information content (AvgIpc) is 2.85. The van der Waals surface area contributed by atoms with Crippen molar-refractivity contribution in [3.8, 4) is 0 Å². The molecule has 1 N–H and O–H groups in total. The third-order valence-electron chi connectivity index (χ3n) is 5.26. The van der Waals surface area contributed by atoms with Crippen LogP contribution in [0.2, 0.25) is 0 Å². The summed E-state index contributed by atoms with van der Waals surface area (Å²) in [6.07, 6.45) is 1.26. The highest BCUT2D eigenvalue weighted by molar-refractivity contribution is 5.76. The van der Waals surface area contributed by atoms with Gasteiger partial charge in [-0.05, 0) is 45.6 Å². The maximum absolute atomic E-state index is 12.4. The Morgan fingerprint density at radius 1 is 1.27 bits per heavy atom. The van der Waals surface area contributed by atoms with Crippen LogP contribution >= 0.6 is 0 Å². The summed E-state index contributed by atoms with van der Waals surface area (Å²) in [7, 11) is 0. The van der Waals surface area contributed by atoms with Gasteiger partial charge in [-0.3, -0.25) is 14.4 Å². The van der Waals surface area contributed by atoms with Crippen LogP contribution in [0.3, 0.4) is 0 Å². The van der Waals surface area contributed by atoms with Crippen LogP contribution in [0.5, 0.6) is 0 Å². The fourth-order valence-electron chi connectivity index (χ4n) is 3.54. The molecular formula is C20H36N4O2. The van der Waals surface area contributed by atoms with Gasteiger partial charge in [0.2, 0.25) is 5.91 Å². The van der Waals surface area contributed by atoms with Crippen molar-refractivity contribution < 1.29 is 9.53 Å². The maximum Gasteiger partial charge on any atom is 0.220 e. The van der Waals surface area contributed by atoms with Gasteiger partial charge in [-0.2, -0.15) is 5.10 Å². The molecule has 6 heteroatoms. The number of nitrogens with zero attached hydrogens (tertiary/aromatic N) is 3. The summed E-state index contributed by atoms with van der Waals surface area (Å²) in [5, 5.41) is 7.76. The van der Waals surface area contributed by atoms with Crippen LogP contribution in [0.1, 0.15) is 51.1 Å². The van der Waals surface area contributed by atoms with Gasteiger partial charge in [0.15, 0.2) is 0 Å². The molecule has 6 nitrogen and oxygen atoms in total. The van der Waals surface area contributed by atoms with E-state index in [1.165, 1.54) is 11.3 Å². The smallest absolute Gasteiger partial charge is 0.220 e. The molecule has 0 spiro atoms. The van der Waals surface area contributed by atoms with Gasteiger partial charge < -0.3 is 10.1 Å². The van der Waals surface area contributed by atoms with Gasteiger partial charge >= 0.3 is 0 Å². The summed E-state index contributed by atoms with van der Waals surface area (Å²) in [5.74, 6) is 0.674. The molecule has 1 aromatic heterocycles. The summed E-state index contributed by atoms with van der Waals surface area (Å²) < 4.78 is 7.50. The number of carbonyl (C=O) groups excluding carboxylic acids is 1. The standard InChI is InChI=1S/C20H36N4O2/c1-15(2)13-24-17(4)18(16(3)22-24)7-8-19(25)21-14-20(5,6)23-9-11-26-12-10-23/h15H,7-14H2,1-6H3,(H,21,25). The van der Waals surface area contributed by atoms with E-state index in [9.17, 15) is 4.79 Å². The molecule has 1 fully saturated rings. The summed E-state index contributed by atoms with van der Waals surface area (Å²) in [4.78, 5) is 14.8. The van der Waals surface area contributed by atoms with E-state index >= 15 is 0 Å². The summed E-state index contributed by atoms with van der Waals surface area (Å²) in [6, 6.07) is 0. The second kappa shape index (κ2) is 9.00. The molecule has 1 amide bonds. The molecule has 1 aromatic rings. The minimum atomic E-state index is -0.0482. The first-order chi connectivity index (χ1) is 12.2. The summed E-state index contributed by atoms with van der Waals surface area (Å²) in [6.45, 7) is 17.9. The van der Waals surface area contributed by atoms with Crippen LogP contribution in [0.15, 0.2) is 0 Å². The normalized spacial score (nSPS) is 16.3. The highest BCUT2D eigenvalue weighted by Gasteiger charge is 2.28. The molecule has 2 rings (SSSR count). The number of aryl methyl sites for hydroxylation is 1. The molecule has 1 aliphatic heterocycles. The fraction of sp³-hybridized carbons (Fsp3) is 0.800. The second-order valence-electron chi connectivity index (χ2n) is 8.41. The second-order valence-corrected chi connectivity index (χ2v) is 8.41. The SMILES string of the molecule is Cc1nn(CC(C)C)c(C)c1CCC(=O)NCC(C)(C)N1CCOCC1. The maximum atomic E-state index is 12.4. The van der Waals surface area contributed by atoms with Gasteiger partial charge in [-0.1, -0.05) is 13.8 Å². The molecule has 0 aromatic carbocycles. The van der Waals surface area contributed by atoms with Crippen LogP contribution in [-0.2, 0) is 22.5 Å². The predicted octanol–water partition coefficient (Wildman–Crippen LogP) is 2.32. The number of hydrogen-bond acceptors (Lipinski definition) is 4. The van der Waals surface area contributed by atoms with Crippen molar-refractivity contribution in [2.24, 2.45) is 5.92 Å². The van der Waals surface area contributed by atoms with E-state index in [2.05, 4.69) is 54.6 Å². The van der Waals surface area contributed by atoms with E-state index in [0.717, 1.165) is 45.0 Å². The van der Waals surface area contributed by atoms with Crippen LogP contribution in [-0.4, -0.2) is 59.0 Å². The zero-order valence-electron chi connectivity index (χ0n) is 17.4. The number of amides is 1. The van der Waals surface area contributed by atoms with Crippen molar-refractivity contribution in [3.63, 3.8) is 0 Å². The number of aromatic nitrogens is 2. The Balaban J connectivity index is 1.84. The molecule has 148 valence electrons. The number of nitrogens with one attached hydrogen (secondary N) is 1. The highest BCUT2D eigenvalue weighted by atomic mass is 16.5. The first-order valence-electron chi connectivity index (χ1n) is 9.83. The van der Waals surface area contributed by atoms with E-state index in [4.69, 9.17) is 4.74 Å². The Bertz CT molecular complexity index is 601. The van der Waals surface area contributed by atoms with Crippen LogP contribution in [0.25, 0.3) is 0 Å². The number of carbonyl (C=O) groups is 1. The number of rotatable bonds is 8. The topological polar surface area (TPSA) is 59.4 Å². The highest BCUT2D eigenvalue weighted by Crippen LogP contribution is 2.17. The third kappa shape index (κ3) is 5.55. The van der Waals surface area contributed by atoms with Crippen molar-refractivity contribution >= 4 is 5.91 Å². The van der Waals surface area contributed by atoms with Crippen molar-refractivity contribution in [1.82, 2.24) is 20.0 Å². The fourth-order valence-corrected chi connectivity index (χ4v) is 3.54. The molecule has 0 atom stereocenters. The number of morpholine rings is 1. The van der Waals surface area contributed by atoms with Crippen molar-refractivity contribution in [3.05, 3.63) is 17.0 Å². The van der Waals surface area contributed by atoms with Crippen molar-refractivity contribution in [2.45, 2.75) is 66.5 Å². The molecule has 0 unspecified atom stereocenters. The van der Waals surface area contributed by atoms with E-state index in [0.29, 0.717) is 18.9 Å². The van der Waals surface area contributed by atoms with E-state index in [1.54, 1.807) is 0 Å². The van der Waals surface area contributed by atoms with Crippen molar-refractivity contribution in [2.75, 3.05) is 32.8 Å². The minimum Gasteiger partial charge on any atom is -0.379 e.